The van der Waals surface area contributed by atoms with Gasteiger partial charge in [0, 0.05) is 13.3 Å². The molecule has 1 aromatic rings. The number of nitrogens with zero attached hydrogens (tertiary/aromatic N) is 2. The highest BCUT2D eigenvalue weighted by Gasteiger charge is 2.08. The monoisotopic (exact) mass is 252 g/mol. The van der Waals surface area contributed by atoms with Gasteiger partial charge >= 0.3 is 0 Å². The van der Waals surface area contributed by atoms with Crippen LogP contribution in [0.3, 0.4) is 0 Å². The molecule has 4 nitrogen and oxygen atoms in total. The summed E-state index contributed by atoms with van der Waals surface area (Å²) in [7, 11) is 1.81. The normalized spacial score (nSPS) is 14.0. The molecule has 0 aliphatic carbocycles. The molecule has 1 aromatic carbocycles. The van der Waals surface area contributed by atoms with Gasteiger partial charge in [-0.1, -0.05) is 6.07 Å². The van der Waals surface area contributed by atoms with Gasteiger partial charge in [0.1, 0.15) is 5.75 Å². The van der Waals surface area contributed by atoms with Crippen molar-refractivity contribution in [3.63, 3.8) is 0 Å². The fraction of sp³-hybridized carbons (Fsp3) is 0.333. The largest absolute Gasteiger partial charge is 0.497 e. The summed E-state index contributed by atoms with van der Waals surface area (Å²) in [6.07, 6.45) is 1.58. The molecule has 0 spiro atoms. The minimum Gasteiger partial charge on any atom is -0.497 e. The summed E-state index contributed by atoms with van der Waals surface area (Å²) in [6.45, 7) is 3.66. The summed E-state index contributed by atoms with van der Waals surface area (Å²) in [5.41, 5.74) is 1.56. The van der Waals surface area contributed by atoms with Crippen molar-refractivity contribution in [2.24, 2.45) is 9.39 Å². The summed E-state index contributed by atoms with van der Waals surface area (Å²) in [5, 5.41) is 0. The molecule has 0 heterocycles. The topological polar surface area (TPSA) is 51.0 Å². The Morgan fingerprint density at radius 2 is 2.18 bits per heavy atom. The van der Waals surface area contributed by atoms with E-state index >= 15 is 0 Å². The van der Waals surface area contributed by atoms with Crippen molar-refractivity contribution in [2.75, 3.05) is 14.2 Å². The molecule has 0 N–H and O–H groups in total. The molecule has 0 aliphatic rings. The third-order valence-electron chi connectivity index (χ3n) is 2.13. The van der Waals surface area contributed by atoms with Gasteiger partial charge in [0.05, 0.1) is 17.7 Å². The lowest BCUT2D eigenvalue weighted by Gasteiger charge is -2.05. The summed E-state index contributed by atoms with van der Waals surface area (Å²) in [5.74, 6) is 0.677. The Morgan fingerprint density at radius 1 is 1.47 bits per heavy atom. The molecular weight excluding hydrogens is 236 g/mol. The molecule has 1 atom stereocenters. The predicted octanol–water partition coefficient (Wildman–Crippen LogP) is 2.19. The minimum absolute atomic E-state index is 0.632. The molecule has 0 aromatic heterocycles. The number of hydrogen-bond donors (Lipinski definition) is 0. The Kier molecular flexibility index (Phi) is 5.03. The highest BCUT2D eigenvalue weighted by atomic mass is 32.2. The highest BCUT2D eigenvalue weighted by Crippen LogP contribution is 2.20. The molecule has 17 heavy (non-hydrogen) atoms. The van der Waals surface area contributed by atoms with Gasteiger partial charge in [-0.2, -0.15) is 4.40 Å². The van der Waals surface area contributed by atoms with Crippen LogP contribution in [0.25, 0.3) is 0 Å². The number of ether oxygens (including phenoxy) is 1. The zero-order chi connectivity index (χ0) is 12.8. The van der Waals surface area contributed by atoms with E-state index in [0.29, 0.717) is 16.4 Å². The summed E-state index contributed by atoms with van der Waals surface area (Å²) in [6, 6.07) is 5.44. The van der Waals surface area contributed by atoms with Gasteiger partial charge in [-0.15, -0.1) is 0 Å². The molecule has 0 saturated heterocycles. The first-order chi connectivity index (χ1) is 8.08. The Labute approximate surface area is 104 Å². The number of methoxy groups -OCH3 is 1. The summed E-state index contributed by atoms with van der Waals surface area (Å²) >= 11 is 0. The van der Waals surface area contributed by atoms with Crippen LogP contribution in [0.5, 0.6) is 5.75 Å². The maximum Gasteiger partial charge on any atom is 0.173 e. The summed E-state index contributed by atoms with van der Waals surface area (Å²) in [4.78, 5) is 4.48. The van der Waals surface area contributed by atoms with Crippen LogP contribution >= 0.6 is 0 Å². The Morgan fingerprint density at radius 3 is 2.76 bits per heavy atom. The number of rotatable bonds is 4. The van der Waals surface area contributed by atoms with E-state index in [9.17, 15) is 4.21 Å². The molecule has 0 radical (unpaired) electrons. The molecule has 1 unspecified atom stereocenters. The molecule has 1 rings (SSSR count). The molecule has 0 bridgehead atoms. The lowest BCUT2D eigenvalue weighted by atomic mass is 10.2. The third kappa shape index (κ3) is 3.78. The third-order valence-corrected chi connectivity index (χ3v) is 3.40. The van der Waals surface area contributed by atoms with Gasteiger partial charge in [0.15, 0.2) is 11.0 Å². The van der Waals surface area contributed by atoms with E-state index in [-0.39, 0.29) is 0 Å². The van der Waals surface area contributed by atoms with Gasteiger partial charge in [0.25, 0.3) is 0 Å². The van der Waals surface area contributed by atoms with Gasteiger partial charge in [-0.25, -0.2) is 4.21 Å². The maximum atomic E-state index is 12.0. The number of benzene rings is 1. The molecule has 0 saturated carbocycles. The van der Waals surface area contributed by atoms with Crippen LogP contribution < -0.4 is 4.74 Å². The number of aryl methyl sites for hydroxylation is 1. The van der Waals surface area contributed by atoms with Crippen LogP contribution in [0.15, 0.2) is 32.5 Å². The maximum absolute atomic E-state index is 12.0. The van der Waals surface area contributed by atoms with E-state index in [1.807, 2.05) is 19.1 Å². The van der Waals surface area contributed by atoms with Crippen LogP contribution in [0, 0.1) is 6.92 Å². The first kappa shape index (κ1) is 13.6. The first-order valence-corrected chi connectivity index (χ1v) is 6.23. The minimum atomic E-state index is -1.42. The number of aliphatic imine (C=N–C) groups is 1. The Hall–Kier alpha value is -1.49. The van der Waals surface area contributed by atoms with Crippen LogP contribution in [0.2, 0.25) is 0 Å². The van der Waals surface area contributed by atoms with Gasteiger partial charge in [0.2, 0.25) is 0 Å². The molecule has 0 aliphatic heterocycles. The fourth-order valence-corrected chi connectivity index (χ4v) is 2.25. The van der Waals surface area contributed by atoms with Crippen molar-refractivity contribution in [3.8, 4) is 5.75 Å². The first-order valence-electron chi connectivity index (χ1n) is 5.12. The SMILES string of the molecule is CN=CC(C)=NS(=O)c1cc(OC)ccc1C. The quantitative estimate of drug-likeness (QED) is 0.771. The van der Waals surface area contributed by atoms with E-state index in [1.54, 1.807) is 33.4 Å². The number of hydrogen-bond acceptors (Lipinski definition) is 3. The van der Waals surface area contributed by atoms with Gasteiger partial charge in [-0.3, -0.25) is 4.99 Å². The Bertz CT molecular complexity index is 481. The van der Waals surface area contributed by atoms with Crippen LogP contribution in [-0.4, -0.2) is 30.3 Å². The second kappa shape index (κ2) is 6.30. The van der Waals surface area contributed by atoms with Crippen LogP contribution in [-0.2, 0) is 11.0 Å². The molecular formula is C12H16N2O2S. The van der Waals surface area contributed by atoms with Crippen molar-refractivity contribution >= 4 is 22.9 Å². The van der Waals surface area contributed by atoms with E-state index in [4.69, 9.17) is 4.74 Å². The van der Waals surface area contributed by atoms with Gasteiger partial charge < -0.3 is 4.74 Å². The van der Waals surface area contributed by atoms with Crippen molar-refractivity contribution in [1.29, 1.82) is 0 Å². The molecule has 0 amide bonds. The molecule has 5 heteroatoms. The van der Waals surface area contributed by atoms with Crippen molar-refractivity contribution in [1.82, 2.24) is 0 Å². The van der Waals surface area contributed by atoms with E-state index in [2.05, 4.69) is 9.39 Å². The average Bonchev–Trinajstić information content (AvgIpc) is 2.29. The van der Waals surface area contributed by atoms with Crippen molar-refractivity contribution in [2.45, 2.75) is 18.7 Å². The lowest BCUT2D eigenvalue weighted by molar-refractivity contribution is 0.413. The van der Waals surface area contributed by atoms with Crippen molar-refractivity contribution < 1.29 is 8.95 Å². The van der Waals surface area contributed by atoms with E-state index in [1.165, 1.54) is 0 Å². The van der Waals surface area contributed by atoms with Crippen LogP contribution in [0.1, 0.15) is 12.5 Å². The average molecular weight is 252 g/mol. The summed E-state index contributed by atoms with van der Waals surface area (Å²) < 4.78 is 21.2. The fourth-order valence-electron chi connectivity index (χ4n) is 1.29. The predicted molar refractivity (Wildman–Crippen MR) is 71.7 cm³/mol. The standard InChI is InChI=1S/C12H16N2O2S/c1-9-5-6-11(16-4)7-12(9)17(15)14-10(2)8-13-3/h5-8H,1-4H3. The van der Waals surface area contributed by atoms with Gasteiger partial charge in [-0.05, 0) is 31.5 Å². The van der Waals surface area contributed by atoms with Crippen molar-refractivity contribution in [3.05, 3.63) is 23.8 Å². The zero-order valence-electron chi connectivity index (χ0n) is 10.4. The molecule has 0 fully saturated rings. The Balaban J connectivity index is 3.07. The zero-order valence-corrected chi connectivity index (χ0v) is 11.2. The smallest absolute Gasteiger partial charge is 0.173 e. The second-order valence-corrected chi connectivity index (χ2v) is 4.62. The van der Waals surface area contributed by atoms with E-state index < -0.39 is 11.0 Å². The lowest BCUT2D eigenvalue weighted by Crippen LogP contribution is -1.99. The van der Waals surface area contributed by atoms with Crippen LogP contribution in [0.4, 0.5) is 0 Å². The highest BCUT2D eigenvalue weighted by molar-refractivity contribution is 7.84. The van der Waals surface area contributed by atoms with E-state index in [0.717, 1.165) is 5.56 Å². The molecule has 92 valence electrons. The second-order valence-electron chi connectivity index (χ2n) is 3.50.